The molecule has 0 atom stereocenters. The fourth-order valence-corrected chi connectivity index (χ4v) is 3.81. The molecule has 1 aromatic carbocycles. The molecule has 1 aliphatic heterocycles. The normalized spacial score (nSPS) is 15.3. The summed E-state index contributed by atoms with van der Waals surface area (Å²) >= 11 is 0. The molecular weight excluding hydrogens is 373 g/mol. The third-order valence-electron chi connectivity index (χ3n) is 5.60. The molecule has 0 spiro atoms. The van der Waals surface area contributed by atoms with Crippen LogP contribution in [0.4, 0.5) is 10.1 Å². The molecule has 0 aliphatic carbocycles. The molecule has 3 rings (SSSR count). The number of halogens is 1. The van der Waals surface area contributed by atoms with Crippen molar-refractivity contribution in [2.75, 3.05) is 37.6 Å². The standard InChI is InChI=1S/C22H32FN3O3/c1-15(2)29-20-7-6-18(23)14-19(20)25-12-10-24(11-13-25)8-5-9-26-21(27)16(3)17(4)22(26)28/h6-7,14-15,27-28H,5,8-13H2,1-4H3. The van der Waals surface area contributed by atoms with Gasteiger partial charge >= 0.3 is 0 Å². The second-order valence-electron chi connectivity index (χ2n) is 8.01. The zero-order chi connectivity index (χ0) is 21.1. The molecule has 0 saturated carbocycles. The SMILES string of the molecule is Cc1c(C)c(O)n(CCCN2CCN(c3cc(F)ccc3OC(C)C)CC2)c1O. The molecule has 160 valence electrons. The van der Waals surface area contributed by atoms with Crippen LogP contribution < -0.4 is 9.64 Å². The van der Waals surface area contributed by atoms with Crippen LogP contribution in [0.25, 0.3) is 0 Å². The van der Waals surface area contributed by atoms with Crippen LogP contribution in [-0.4, -0.2) is 58.5 Å². The number of piperazine rings is 1. The zero-order valence-corrected chi connectivity index (χ0v) is 17.8. The van der Waals surface area contributed by atoms with Gasteiger partial charge in [-0.3, -0.25) is 9.47 Å². The Labute approximate surface area is 172 Å². The van der Waals surface area contributed by atoms with E-state index in [2.05, 4.69) is 9.80 Å². The predicted molar refractivity (Wildman–Crippen MR) is 113 cm³/mol. The van der Waals surface area contributed by atoms with E-state index in [0.717, 1.165) is 61.7 Å². The van der Waals surface area contributed by atoms with E-state index in [4.69, 9.17) is 4.74 Å². The van der Waals surface area contributed by atoms with E-state index < -0.39 is 0 Å². The van der Waals surface area contributed by atoms with Crippen molar-refractivity contribution in [3.8, 4) is 17.5 Å². The van der Waals surface area contributed by atoms with Crippen LogP contribution in [0.3, 0.4) is 0 Å². The maximum absolute atomic E-state index is 13.8. The number of aromatic hydroxyl groups is 2. The summed E-state index contributed by atoms with van der Waals surface area (Å²) in [7, 11) is 0. The van der Waals surface area contributed by atoms with Crippen LogP contribution in [-0.2, 0) is 6.54 Å². The van der Waals surface area contributed by atoms with Crippen LogP contribution >= 0.6 is 0 Å². The van der Waals surface area contributed by atoms with Gasteiger partial charge in [-0.15, -0.1) is 0 Å². The van der Waals surface area contributed by atoms with Gasteiger partial charge < -0.3 is 19.8 Å². The predicted octanol–water partition coefficient (Wildman–Crippen LogP) is 3.65. The number of hydrogen-bond donors (Lipinski definition) is 2. The van der Waals surface area contributed by atoms with Crippen LogP contribution in [0.15, 0.2) is 18.2 Å². The highest BCUT2D eigenvalue weighted by Crippen LogP contribution is 2.33. The van der Waals surface area contributed by atoms with Gasteiger partial charge in [-0.25, -0.2) is 4.39 Å². The molecule has 0 bridgehead atoms. The largest absolute Gasteiger partial charge is 0.494 e. The summed E-state index contributed by atoms with van der Waals surface area (Å²) in [5, 5.41) is 20.3. The highest BCUT2D eigenvalue weighted by Gasteiger charge is 2.21. The van der Waals surface area contributed by atoms with Gasteiger partial charge in [-0.05, 0) is 52.8 Å². The van der Waals surface area contributed by atoms with E-state index in [1.807, 2.05) is 27.7 Å². The van der Waals surface area contributed by atoms with Crippen molar-refractivity contribution >= 4 is 5.69 Å². The number of anilines is 1. The lowest BCUT2D eigenvalue weighted by atomic mass is 10.2. The van der Waals surface area contributed by atoms with Gasteiger partial charge in [-0.1, -0.05) is 0 Å². The van der Waals surface area contributed by atoms with Gasteiger partial charge in [0.2, 0.25) is 0 Å². The monoisotopic (exact) mass is 405 g/mol. The van der Waals surface area contributed by atoms with E-state index in [1.165, 1.54) is 6.07 Å². The Hall–Kier alpha value is -2.41. The lowest BCUT2D eigenvalue weighted by molar-refractivity contribution is 0.234. The molecule has 1 aliphatic rings. The van der Waals surface area contributed by atoms with E-state index in [9.17, 15) is 14.6 Å². The Morgan fingerprint density at radius 2 is 1.62 bits per heavy atom. The van der Waals surface area contributed by atoms with Gasteiger partial charge in [0.1, 0.15) is 11.6 Å². The minimum Gasteiger partial charge on any atom is -0.494 e. The topological polar surface area (TPSA) is 61.1 Å². The third-order valence-corrected chi connectivity index (χ3v) is 5.60. The first kappa shape index (κ1) is 21.3. The average molecular weight is 406 g/mol. The number of rotatable bonds is 7. The van der Waals surface area contributed by atoms with Gasteiger partial charge in [0.15, 0.2) is 11.8 Å². The van der Waals surface area contributed by atoms with Gasteiger partial charge in [0.05, 0.1) is 11.8 Å². The van der Waals surface area contributed by atoms with Crippen LogP contribution in [0, 0.1) is 19.7 Å². The lowest BCUT2D eigenvalue weighted by Gasteiger charge is -2.37. The first-order valence-corrected chi connectivity index (χ1v) is 10.3. The molecule has 1 fully saturated rings. The Morgan fingerprint density at radius 3 is 2.21 bits per heavy atom. The molecule has 2 aromatic rings. The minimum atomic E-state index is -0.254. The minimum absolute atomic E-state index is 0.0364. The molecule has 2 N–H and O–H groups in total. The Kier molecular flexibility index (Phi) is 6.57. The highest BCUT2D eigenvalue weighted by molar-refractivity contribution is 5.59. The summed E-state index contributed by atoms with van der Waals surface area (Å²) in [6.07, 6.45) is 0.866. The summed E-state index contributed by atoms with van der Waals surface area (Å²) in [6, 6.07) is 4.69. The molecule has 0 amide bonds. The van der Waals surface area contributed by atoms with Gasteiger partial charge in [0, 0.05) is 49.9 Å². The Bertz CT molecular complexity index is 817. The van der Waals surface area contributed by atoms with E-state index in [0.29, 0.717) is 6.54 Å². The van der Waals surface area contributed by atoms with Crippen molar-refractivity contribution in [1.82, 2.24) is 9.47 Å². The van der Waals surface area contributed by atoms with Gasteiger partial charge in [0.25, 0.3) is 0 Å². The lowest BCUT2D eigenvalue weighted by Crippen LogP contribution is -2.47. The van der Waals surface area contributed by atoms with Crippen LogP contribution in [0.5, 0.6) is 17.5 Å². The fraction of sp³-hybridized carbons (Fsp3) is 0.545. The number of aromatic nitrogens is 1. The molecule has 7 heteroatoms. The van der Waals surface area contributed by atoms with Crippen molar-refractivity contribution in [2.24, 2.45) is 0 Å². The van der Waals surface area contributed by atoms with Crippen molar-refractivity contribution in [2.45, 2.75) is 46.8 Å². The van der Waals surface area contributed by atoms with Crippen molar-refractivity contribution in [1.29, 1.82) is 0 Å². The third kappa shape index (κ3) is 4.78. The summed E-state index contributed by atoms with van der Waals surface area (Å²) in [5.41, 5.74) is 2.27. The smallest absolute Gasteiger partial charge is 0.197 e. The molecule has 29 heavy (non-hydrogen) atoms. The molecule has 6 nitrogen and oxygen atoms in total. The molecular formula is C22H32FN3O3. The molecule has 0 unspecified atom stereocenters. The Morgan fingerprint density at radius 1 is 1.00 bits per heavy atom. The number of ether oxygens (including phenoxy) is 1. The number of benzene rings is 1. The number of nitrogens with zero attached hydrogens (tertiary/aromatic N) is 3. The summed E-state index contributed by atoms with van der Waals surface area (Å²) < 4.78 is 21.2. The van der Waals surface area contributed by atoms with Crippen LogP contribution in [0.2, 0.25) is 0 Å². The first-order valence-electron chi connectivity index (χ1n) is 10.3. The summed E-state index contributed by atoms with van der Waals surface area (Å²) in [6.45, 7) is 12.4. The van der Waals surface area contributed by atoms with Gasteiger partial charge in [-0.2, -0.15) is 0 Å². The Balaban J connectivity index is 1.54. The van der Waals surface area contributed by atoms with Crippen molar-refractivity contribution in [3.63, 3.8) is 0 Å². The molecule has 1 aromatic heterocycles. The second-order valence-corrected chi connectivity index (χ2v) is 8.01. The average Bonchev–Trinajstić information content (AvgIpc) is 2.87. The first-order chi connectivity index (χ1) is 13.8. The second kappa shape index (κ2) is 8.95. The fourth-order valence-electron chi connectivity index (χ4n) is 3.81. The van der Waals surface area contributed by atoms with Crippen LogP contribution in [0.1, 0.15) is 31.4 Å². The molecule has 1 saturated heterocycles. The number of hydrogen-bond acceptors (Lipinski definition) is 5. The summed E-state index contributed by atoms with van der Waals surface area (Å²) in [4.78, 5) is 4.53. The maximum atomic E-state index is 13.8. The quantitative estimate of drug-likeness (QED) is 0.736. The van der Waals surface area contributed by atoms with E-state index >= 15 is 0 Å². The van der Waals surface area contributed by atoms with Crippen molar-refractivity contribution < 1.29 is 19.3 Å². The highest BCUT2D eigenvalue weighted by atomic mass is 19.1. The van der Waals surface area contributed by atoms with Crippen molar-refractivity contribution in [3.05, 3.63) is 35.1 Å². The molecule has 0 radical (unpaired) electrons. The molecule has 2 heterocycles. The van der Waals surface area contributed by atoms with E-state index in [1.54, 1.807) is 16.7 Å². The zero-order valence-electron chi connectivity index (χ0n) is 17.8. The maximum Gasteiger partial charge on any atom is 0.197 e. The van der Waals surface area contributed by atoms with E-state index in [-0.39, 0.29) is 23.7 Å². The summed E-state index contributed by atoms with van der Waals surface area (Å²) in [5.74, 6) is 0.761.